The molecule has 1 amide bonds. The van der Waals surface area contributed by atoms with Crippen LogP contribution >= 0.6 is 11.8 Å². The Labute approximate surface area is 182 Å². The van der Waals surface area contributed by atoms with Gasteiger partial charge >= 0.3 is 0 Å². The van der Waals surface area contributed by atoms with Crippen molar-refractivity contribution in [3.8, 4) is 0 Å². The van der Waals surface area contributed by atoms with Crippen LogP contribution in [-0.4, -0.2) is 59.1 Å². The summed E-state index contributed by atoms with van der Waals surface area (Å²) in [5.74, 6) is 0.979. The molecule has 1 fully saturated rings. The Balaban J connectivity index is 1.75. The number of piperidine rings is 1. The van der Waals surface area contributed by atoms with Gasteiger partial charge in [-0.05, 0) is 45.2 Å². The summed E-state index contributed by atoms with van der Waals surface area (Å²) in [5.41, 5.74) is 1.64. The maximum absolute atomic E-state index is 12.5. The maximum atomic E-state index is 12.5. The van der Waals surface area contributed by atoms with Gasteiger partial charge in [0.05, 0.1) is 24.2 Å². The number of sulfonamides is 1. The SMILES string of the molecule is CCn1c(CN(c2ccc(C)cc2)S(C)(=O)=O)nnc1SCC(=O)N1CCCCC1. The molecule has 0 saturated carbocycles. The summed E-state index contributed by atoms with van der Waals surface area (Å²) in [7, 11) is -3.50. The zero-order valence-corrected chi connectivity index (χ0v) is 19.4. The molecule has 0 atom stereocenters. The summed E-state index contributed by atoms with van der Waals surface area (Å²) in [4.78, 5) is 14.4. The highest BCUT2D eigenvalue weighted by Gasteiger charge is 2.23. The molecule has 1 saturated heterocycles. The van der Waals surface area contributed by atoms with Gasteiger partial charge < -0.3 is 9.47 Å². The zero-order valence-electron chi connectivity index (χ0n) is 17.7. The second-order valence-corrected chi connectivity index (χ2v) is 10.3. The molecule has 1 aromatic carbocycles. The number of anilines is 1. The van der Waals surface area contributed by atoms with Crippen LogP contribution in [0.2, 0.25) is 0 Å². The molecule has 0 unspecified atom stereocenters. The topological polar surface area (TPSA) is 88.4 Å². The molecule has 164 valence electrons. The van der Waals surface area contributed by atoms with E-state index in [0.717, 1.165) is 31.5 Å². The third-order valence-electron chi connectivity index (χ3n) is 5.15. The van der Waals surface area contributed by atoms with E-state index in [0.29, 0.717) is 29.0 Å². The molecule has 8 nitrogen and oxygen atoms in total. The smallest absolute Gasteiger partial charge is 0.233 e. The summed E-state index contributed by atoms with van der Waals surface area (Å²) >= 11 is 1.36. The van der Waals surface area contributed by atoms with E-state index in [2.05, 4.69) is 10.2 Å². The fourth-order valence-electron chi connectivity index (χ4n) is 3.46. The monoisotopic (exact) mass is 451 g/mol. The molecule has 10 heteroatoms. The third-order valence-corrected chi connectivity index (χ3v) is 7.24. The first kappa shape index (κ1) is 22.6. The van der Waals surface area contributed by atoms with Gasteiger partial charge in [-0.15, -0.1) is 10.2 Å². The number of hydrogen-bond donors (Lipinski definition) is 0. The lowest BCUT2D eigenvalue weighted by molar-refractivity contribution is -0.129. The summed E-state index contributed by atoms with van der Waals surface area (Å²) in [6.07, 6.45) is 4.49. The average Bonchev–Trinajstić information content (AvgIpc) is 3.12. The number of benzene rings is 1. The molecule has 3 rings (SSSR count). The van der Waals surface area contributed by atoms with Gasteiger partial charge in [-0.3, -0.25) is 9.10 Å². The summed E-state index contributed by atoms with van der Waals surface area (Å²) in [5, 5.41) is 9.10. The van der Waals surface area contributed by atoms with E-state index >= 15 is 0 Å². The van der Waals surface area contributed by atoms with Crippen LogP contribution in [0.4, 0.5) is 5.69 Å². The number of rotatable bonds is 8. The first-order valence-corrected chi connectivity index (χ1v) is 13.0. The van der Waals surface area contributed by atoms with Gasteiger partial charge in [-0.2, -0.15) is 0 Å². The zero-order chi connectivity index (χ0) is 21.7. The van der Waals surface area contributed by atoms with Crippen LogP contribution in [0, 0.1) is 6.92 Å². The Morgan fingerprint density at radius 3 is 2.40 bits per heavy atom. The van der Waals surface area contributed by atoms with E-state index in [1.165, 1.54) is 28.7 Å². The standard InChI is InChI=1S/C20H29N5O3S2/c1-4-24-18(14-25(30(3,27)28)17-10-8-16(2)9-11-17)21-22-20(24)29-15-19(26)23-12-6-5-7-13-23/h8-11H,4-7,12-15H2,1-3H3. The molecule has 2 aromatic rings. The normalized spacial score (nSPS) is 14.7. The van der Waals surface area contributed by atoms with Crippen LogP contribution in [0.25, 0.3) is 0 Å². The fraction of sp³-hybridized carbons (Fsp3) is 0.550. The van der Waals surface area contributed by atoms with Crippen molar-refractivity contribution in [1.82, 2.24) is 19.7 Å². The van der Waals surface area contributed by atoms with Gasteiger partial charge in [0, 0.05) is 19.6 Å². The number of aromatic nitrogens is 3. The lowest BCUT2D eigenvalue weighted by atomic mass is 10.1. The Kier molecular flexibility index (Phi) is 7.41. The van der Waals surface area contributed by atoms with Crippen molar-refractivity contribution < 1.29 is 13.2 Å². The Morgan fingerprint density at radius 2 is 1.80 bits per heavy atom. The first-order valence-electron chi connectivity index (χ1n) is 10.2. The number of amides is 1. The molecular weight excluding hydrogens is 422 g/mol. The summed E-state index contributed by atoms with van der Waals surface area (Å²) < 4.78 is 28.1. The number of carbonyl (C=O) groups excluding carboxylic acids is 1. The predicted octanol–water partition coefficient (Wildman–Crippen LogP) is 2.68. The van der Waals surface area contributed by atoms with Crippen LogP contribution in [0.1, 0.15) is 37.6 Å². The Morgan fingerprint density at radius 1 is 1.13 bits per heavy atom. The van der Waals surface area contributed by atoms with Crippen LogP contribution in [-0.2, 0) is 27.9 Å². The van der Waals surface area contributed by atoms with E-state index in [4.69, 9.17) is 0 Å². The molecule has 1 aliphatic heterocycles. The molecule has 1 aliphatic rings. The maximum Gasteiger partial charge on any atom is 0.233 e. The van der Waals surface area contributed by atoms with Crippen molar-refractivity contribution in [2.45, 2.75) is 51.4 Å². The van der Waals surface area contributed by atoms with Crippen LogP contribution in [0.5, 0.6) is 0 Å². The number of aryl methyl sites for hydroxylation is 1. The van der Waals surface area contributed by atoms with E-state index in [9.17, 15) is 13.2 Å². The van der Waals surface area contributed by atoms with E-state index in [-0.39, 0.29) is 12.5 Å². The van der Waals surface area contributed by atoms with Gasteiger partial charge in [0.25, 0.3) is 0 Å². The lowest BCUT2D eigenvalue weighted by Gasteiger charge is -2.26. The Bertz CT molecular complexity index is 967. The number of likely N-dealkylation sites (tertiary alicyclic amines) is 1. The fourth-order valence-corrected chi connectivity index (χ4v) is 5.24. The molecule has 0 aliphatic carbocycles. The minimum Gasteiger partial charge on any atom is -0.342 e. The first-order chi connectivity index (χ1) is 14.3. The summed E-state index contributed by atoms with van der Waals surface area (Å²) in [6, 6.07) is 7.34. The van der Waals surface area contributed by atoms with Crippen LogP contribution < -0.4 is 4.31 Å². The van der Waals surface area contributed by atoms with Gasteiger partial charge in [0.1, 0.15) is 0 Å². The number of thioether (sulfide) groups is 1. The van der Waals surface area contributed by atoms with E-state index < -0.39 is 10.0 Å². The van der Waals surface area contributed by atoms with Crippen molar-refractivity contribution in [3.63, 3.8) is 0 Å². The minimum absolute atomic E-state index is 0.0867. The molecule has 0 bridgehead atoms. The second kappa shape index (κ2) is 9.82. The van der Waals surface area contributed by atoms with Crippen LogP contribution in [0.3, 0.4) is 0 Å². The lowest BCUT2D eigenvalue weighted by Crippen LogP contribution is -2.36. The molecule has 30 heavy (non-hydrogen) atoms. The summed E-state index contributed by atoms with van der Waals surface area (Å²) in [6.45, 7) is 6.24. The van der Waals surface area contributed by atoms with Crippen molar-refractivity contribution >= 4 is 33.4 Å². The van der Waals surface area contributed by atoms with Gasteiger partial charge in [-0.1, -0.05) is 29.5 Å². The molecule has 0 spiro atoms. The van der Waals surface area contributed by atoms with Crippen LogP contribution in [0.15, 0.2) is 29.4 Å². The molecular formula is C20H29N5O3S2. The van der Waals surface area contributed by atoms with E-state index in [1.54, 1.807) is 12.1 Å². The number of nitrogens with zero attached hydrogens (tertiary/aromatic N) is 5. The van der Waals surface area contributed by atoms with Gasteiger partial charge in [0.2, 0.25) is 15.9 Å². The number of carbonyl (C=O) groups is 1. The van der Waals surface area contributed by atoms with Crippen molar-refractivity contribution in [1.29, 1.82) is 0 Å². The molecule has 2 heterocycles. The highest BCUT2D eigenvalue weighted by atomic mass is 32.2. The minimum atomic E-state index is -3.50. The van der Waals surface area contributed by atoms with E-state index in [1.807, 2.05) is 35.4 Å². The predicted molar refractivity (Wildman–Crippen MR) is 119 cm³/mol. The quantitative estimate of drug-likeness (QED) is 0.574. The van der Waals surface area contributed by atoms with Crippen molar-refractivity contribution in [2.75, 3.05) is 29.4 Å². The third kappa shape index (κ3) is 5.54. The van der Waals surface area contributed by atoms with Gasteiger partial charge in [-0.25, -0.2) is 8.42 Å². The highest BCUT2D eigenvalue weighted by Crippen LogP contribution is 2.23. The van der Waals surface area contributed by atoms with Crippen molar-refractivity contribution in [2.24, 2.45) is 0 Å². The molecule has 0 radical (unpaired) electrons. The average molecular weight is 452 g/mol. The molecule has 1 aromatic heterocycles. The molecule has 0 N–H and O–H groups in total. The number of hydrogen-bond acceptors (Lipinski definition) is 6. The van der Waals surface area contributed by atoms with Gasteiger partial charge in [0.15, 0.2) is 11.0 Å². The van der Waals surface area contributed by atoms with Crippen molar-refractivity contribution in [3.05, 3.63) is 35.7 Å². The second-order valence-electron chi connectivity index (χ2n) is 7.48. The Hall–Kier alpha value is -2.07. The highest BCUT2D eigenvalue weighted by molar-refractivity contribution is 7.99. The largest absolute Gasteiger partial charge is 0.342 e.